The van der Waals surface area contributed by atoms with Gasteiger partial charge in [-0.3, -0.25) is 19.3 Å². The van der Waals surface area contributed by atoms with Gasteiger partial charge in [0.25, 0.3) is 5.91 Å². The Bertz CT molecular complexity index is 1680. The molecule has 0 bridgehead atoms. The fourth-order valence-corrected chi connectivity index (χ4v) is 6.28. The van der Waals surface area contributed by atoms with E-state index < -0.39 is 48.1 Å². The molecule has 2 unspecified atom stereocenters. The third kappa shape index (κ3) is 4.46. The second-order valence-electron chi connectivity index (χ2n) is 10.7. The topological polar surface area (TPSA) is 103 Å². The van der Waals surface area contributed by atoms with E-state index in [0.29, 0.717) is 5.56 Å². The monoisotopic (exact) mass is 594 g/mol. The number of anilines is 1. The molecular formula is C30H28F2N4O7. The summed E-state index contributed by atoms with van der Waals surface area (Å²) in [6.45, 7) is 0.110. The first-order valence-corrected chi connectivity index (χ1v) is 14.0. The van der Waals surface area contributed by atoms with Crippen molar-refractivity contribution in [1.29, 1.82) is 0 Å². The van der Waals surface area contributed by atoms with Crippen LogP contribution in [0, 0.1) is 11.6 Å². The molecule has 3 aliphatic heterocycles. The molecule has 3 aromatic rings. The summed E-state index contributed by atoms with van der Waals surface area (Å²) in [6.07, 6.45) is 1.65. The molecule has 2 atom stereocenters. The number of carbonyl (C=O) groups is 2. The van der Waals surface area contributed by atoms with E-state index in [0.717, 1.165) is 37.3 Å². The van der Waals surface area contributed by atoms with Crippen LogP contribution in [0.1, 0.15) is 46.1 Å². The molecule has 43 heavy (non-hydrogen) atoms. The first-order valence-electron chi connectivity index (χ1n) is 14.0. The molecule has 7 rings (SSSR count). The van der Waals surface area contributed by atoms with Crippen LogP contribution in [0.5, 0.6) is 5.75 Å². The van der Waals surface area contributed by atoms with E-state index in [2.05, 4.69) is 9.64 Å². The molecule has 2 fully saturated rings. The number of fused-ring (bicyclic) bond motifs is 4. The maximum absolute atomic E-state index is 15.7. The Kier molecular flexibility index (Phi) is 6.68. The molecule has 0 radical (unpaired) electrons. The lowest BCUT2D eigenvalue weighted by Crippen LogP contribution is -2.66. The maximum Gasteiger partial charge on any atom is 0.510 e. The summed E-state index contributed by atoms with van der Waals surface area (Å²) in [5.41, 5.74) is 1.74. The Morgan fingerprint density at radius 2 is 1.86 bits per heavy atom. The lowest BCUT2D eigenvalue weighted by molar-refractivity contribution is -0.0208. The van der Waals surface area contributed by atoms with Crippen LogP contribution in [0.3, 0.4) is 0 Å². The Labute approximate surface area is 244 Å². The maximum atomic E-state index is 15.7. The number of halogens is 2. The number of rotatable bonds is 5. The molecule has 1 aliphatic carbocycles. The van der Waals surface area contributed by atoms with Crippen molar-refractivity contribution < 1.29 is 37.3 Å². The Balaban J connectivity index is 1.46. The van der Waals surface area contributed by atoms with Crippen LogP contribution in [0.25, 0.3) is 0 Å². The van der Waals surface area contributed by atoms with Crippen molar-refractivity contribution in [3.05, 3.63) is 92.9 Å². The normalized spacial score (nSPS) is 20.8. The Morgan fingerprint density at radius 3 is 2.65 bits per heavy atom. The molecule has 1 saturated carbocycles. The number of methoxy groups -OCH3 is 1. The van der Waals surface area contributed by atoms with Crippen molar-refractivity contribution in [3.8, 4) is 5.75 Å². The van der Waals surface area contributed by atoms with Crippen LogP contribution in [-0.4, -0.2) is 67.5 Å². The number of hydrogen-bond acceptors (Lipinski definition) is 9. The van der Waals surface area contributed by atoms with Crippen molar-refractivity contribution >= 4 is 17.7 Å². The second kappa shape index (κ2) is 10.6. The highest BCUT2D eigenvalue weighted by Gasteiger charge is 2.47. The number of para-hydroxylation sites is 1. The van der Waals surface area contributed by atoms with E-state index in [4.69, 9.17) is 14.2 Å². The molecule has 224 valence electrons. The number of pyridine rings is 1. The zero-order valence-electron chi connectivity index (χ0n) is 23.2. The van der Waals surface area contributed by atoms with Gasteiger partial charge in [0, 0.05) is 48.2 Å². The lowest BCUT2D eigenvalue weighted by Gasteiger charge is -2.51. The largest absolute Gasteiger partial charge is 0.510 e. The van der Waals surface area contributed by atoms with Gasteiger partial charge in [-0.2, -0.15) is 0 Å². The number of amides is 1. The second-order valence-corrected chi connectivity index (χ2v) is 10.7. The SMILES string of the molecule is COC(=O)OCOc1c2n(ccc1=O)N(C1c3ccccc3N(C3CC3)Cc3c1ccc(F)c3F)C1COCCN1C2=O. The minimum Gasteiger partial charge on any atom is -0.451 e. The van der Waals surface area contributed by atoms with Gasteiger partial charge in [-0.15, -0.1) is 0 Å². The summed E-state index contributed by atoms with van der Waals surface area (Å²) in [6, 6.07) is 11.1. The predicted molar refractivity (Wildman–Crippen MR) is 147 cm³/mol. The molecule has 2 aromatic carbocycles. The number of aromatic nitrogens is 1. The molecule has 1 saturated heterocycles. The van der Waals surface area contributed by atoms with Crippen molar-refractivity contribution in [2.45, 2.75) is 37.6 Å². The van der Waals surface area contributed by atoms with Gasteiger partial charge in [0.05, 0.1) is 20.3 Å². The number of hydrogen-bond donors (Lipinski definition) is 0. The van der Waals surface area contributed by atoms with Gasteiger partial charge in [-0.05, 0) is 30.5 Å². The summed E-state index contributed by atoms with van der Waals surface area (Å²) in [5.74, 6) is -2.67. The molecule has 0 N–H and O–H groups in total. The fraction of sp³-hybridized carbons (Fsp3) is 0.367. The minimum atomic E-state index is -1.02. The minimum absolute atomic E-state index is 0.0935. The first kappa shape index (κ1) is 27.2. The number of nitrogens with zero attached hydrogens (tertiary/aromatic N) is 4. The summed E-state index contributed by atoms with van der Waals surface area (Å²) < 4.78 is 52.7. The molecule has 11 nitrogen and oxygen atoms in total. The zero-order valence-corrected chi connectivity index (χ0v) is 23.2. The van der Waals surface area contributed by atoms with Gasteiger partial charge in [0.2, 0.25) is 18.0 Å². The molecule has 4 aliphatic rings. The zero-order chi connectivity index (χ0) is 29.8. The van der Waals surface area contributed by atoms with Crippen LogP contribution >= 0.6 is 0 Å². The first-order chi connectivity index (χ1) is 20.9. The summed E-state index contributed by atoms with van der Waals surface area (Å²) in [5, 5.41) is 1.86. The van der Waals surface area contributed by atoms with Gasteiger partial charge in [-0.1, -0.05) is 24.3 Å². The number of benzene rings is 2. The van der Waals surface area contributed by atoms with Gasteiger partial charge < -0.3 is 28.7 Å². The van der Waals surface area contributed by atoms with Crippen molar-refractivity contribution in [2.75, 3.05) is 43.6 Å². The highest BCUT2D eigenvalue weighted by Crippen LogP contribution is 2.46. The fourth-order valence-electron chi connectivity index (χ4n) is 6.28. The van der Waals surface area contributed by atoms with E-state index >= 15 is 4.39 Å². The molecule has 1 amide bonds. The predicted octanol–water partition coefficient (Wildman–Crippen LogP) is 3.27. The molecule has 13 heteroatoms. The van der Waals surface area contributed by atoms with Crippen LogP contribution in [0.15, 0.2) is 53.5 Å². The molecule has 4 heterocycles. The van der Waals surface area contributed by atoms with Gasteiger partial charge >= 0.3 is 6.16 Å². The smallest absolute Gasteiger partial charge is 0.451 e. The molecular weight excluding hydrogens is 566 g/mol. The van der Waals surface area contributed by atoms with E-state index in [1.807, 2.05) is 29.3 Å². The van der Waals surface area contributed by atoms with E-state index in [-0.39, 0.29) is 49.4 Å². The van der Waals surface area contributed by atoms with Crippen molar-refractivity contribution in [3.63, 3.8) is 0 Å². The third-order valence-electron chi connectivity index (χ3n) is 8.35. The lowest BCUT2D eigenvalue weighted by atomic mass is 9.93. The Morgan fingerprint density at radius 1 is 1.05 bits per heavy atom. The standard InChI is InChI=1S/C30H28F2N4O7/c1-40-30(39)43-16-42-28-23(37)10-11-35-27(28)29(38)33-12-13-41-15-24(33)36(35)26-18-8-9-21(31)25(32)20(18)14-34(17-6-7-17)22-5-3-2-4-19(22)26/h2-5,8-11,17,24,26H,6-7,12-16H2,1H3. The van der Waals surface area contributed by atoms with Crippen LogP contribution in [-0.2, 0) is 20.8 Å². The Hall–Kier alpha value is -4.65. The number of morpholine rings is 1. The highest BCUT2D eigenvalue weighted by molar-refractivity contribution is 5.96. The van der Waals surface area contributed by atoms with Crippen LogP contribution in [0.4, 0.5) is 19.3 Å². The number of carbonyl (C=O) groups excluding carboxylic acids is 2. The van der Waals surface area contributed by atoms with E-state index in [9.17, 15) is 18.8 Å². The van der Waals surface area contributed by atoms with Gasteiger partial charge in [0.15, 0.2) is 17.3 Å². The third-order valence-corrected chi connectivity index (χ3v) is 8.35. The van der Waals surface area contributed by atoms with Crippen LogP contribution in [0.2, 0.25) is 0 Å². The van der Waals surface area contributed by atoms with Crippen LogP contribution < -0.4 is 20.1 Å². The summed E-state index contributed by atoms with van der Waals surface area (Å²) in [7, 11) is 1.13. The average molecular weight is 595 g/mol. The quantitative estimate of drug-likeness (QED) is 0.325. The average Bonchev–Trinajstić information content (AvgIpc) is 3.87. The van der Waals surface area contributed by atoms with Gasteiger partial charge in [0.1, 0.15) is 12.2 Å². The number of ether oxygens (including phenoxy) is 4. The summed E-state index contributed by atoms with van der Waals surface area (Å²) in [4.78, 5) is 42.2. The molecule has 0 spiro atoms. The summed E-state index contributed by atoms with van der Waals surface area (Å²) >= 11 is 0. The van der Waals surface area contributed by atoms with Gasteiger partial charge in [-0.25, -0.2) is 13.6 Å². The molecule has 1 aromatic heterocycles. The van der Waals surface area contributed by atoms with E-state index in [1.54, 1.807) is 11.0 Å². The highest BCUT2D eigenvalue weighted by atomic mass is 19.2. The van der Waals surface area contributed by atoms with Crippen molar-refractivity contribution in [2.24, 2.45) is 0 Å². The van der Waals surface area contributed by atoms with E-state index in [1.165, 1.54) is 16.9 Å². The van der Waals surface area contributed by atoms with Crippen molar-refractivity contribution in [1.82, 2.24) is 9.58 Å².